The van der Waals surface area contributed by atoms with Crippen LogP contribution in [0.25, 0.3) is 5.52 Å². The van der Waals surface area contributed by atoms with Crippen LogP contribution < -0.4 is 10.1 Å². The van der Waals surface area contributed by atoms with Crippen LogP contribution in [0.3, 0.4) is 0 Å². The zero-order chi connectivity index (χ0) is 27.8. The summed E-state index contributed by atoms with van der Waals surface area (Å²) in [5.41, 5.74) is 1.65. The third kappa shape index (κ3) is 6.05. The predicted molar refractivity (Wildman–Crippen MR) is 143 cm³/mol. The number of carbonyl (C=O) groups is 1. The predicted octanol–water partition coefficient (Wildman–Crippen LogP) is 2.36. The zero-order valence-corrected chi connectivity index (χ0v) is 23.1. The standard InChI is InChI=1S/C24H29FN6O6S2/c1-16-19(24(32)29-39(35)10-8-36-9-11-39)14-31-22(16)23(26-15-27-31)28-20-6-5-17(25)12-21(20)37-18-4-3-7-30(13-18)38(2,33)34/h5-6,12,14-15,18H,3-4,7-11,13H2,1-2H3,(H,26,27,28)/t18-/m1/s1. The van der Waals surface area contributed by atoms with Gasteiger partial charge >= 0.3 is 0 Å². The molecule has 0 radical (unpaired) electrons. The van der Waals surface area contributed by atoms with Gasteiger partial charge in [-0.15, -0.1) is 0 Å². The highest BCUT2D eigenvalue weighted by atomic mass is 32.2. The Bertz CT molecular complexity index is 1640. The van der Waals surface area contributed by atoms with Crippen molar-refractivity contribution in [2.45, 2.75) is 25.9 Å². The van der Waals surface area contributed by atoms with Crippen molar-refractivity contribution in [3.8, 4) is 5.75 Å². The summed E-state index contributed by atoms with van der Waals surface area (Å²) >= 11 is 0. The van der Waals surface area contributed by atoms with E-state index in [2.05, 4.69) is 19.8 Å². The number of nitrogens with one attached hydrogen (secondary N) is 1. The normalized spacial score (nSPS) is 20.0. The minimum atomic E-state index is -3.38. The Kier molecular flexibility index (Phi) is 7.59. The van der Waals surface area contributed by atoms with Gasteiger partial charge in [0.25, 0.3) is 5.91 Å². The van der Waals surface area contributed by atoms with Crippen molar-refractivity contribution in [3.05, 3.63) is 47.7 Å². The highest BCUT2D eigenvalue weighted by Gasteiger charge is 2.28. The molecule has 2 aliphatic heterocycles. The van der Waals surface area contributed by atoms with Crippen molar-refractivity contribution < 1.29 is 31.3 Å². The van der Waals surface area contributed by atoms with Gasteiger partial charge in [0.1, 0.15) is 29.5 Å². The molecule has 1 aromatic carbocycles. The molecule has 0 unspecified atom stereocenters. The molecule has 1 atom stereocenters. The highest BCUT2D eigenvalue weighted by Crippen LogP contribution is 2.33. The number of amides is 1. The molecule has 3 aromatic rings. The number of hydrogen-bond donors (Lipinski definition) is 1. The Morgan fingerprint density at radius 3 is 2.82 bits per heavy atom. The number of fused-ring (bicyclic) bond motifs is 1. The first-order valence-electron chi connectivity index (χ1n) is 12.4. The SMILES string of the molecule is Cc1c(C(=O)N=S2(=O)CCOCC2)cn2ncnc(Nc3ccc(F)cc3O[C@@H]3CCCN(S(C)(=O)=O)C3)c12. The molecule has 1 amide bonds. The number of nitrogens with zero attached hydrogens (tertiary/aromatic N) is 5. The number of aryl methyl sites for hydroxylation is 1. The van der Waals surface area contributed by atoms with Gasteiger partial charge in [-0.1, -0.05) is 0 Å². The summed E-state index contributed by atoms with van der Waals surface area (Å²) in [5.74, 6) is -0.194. The fourth-order valence-corrected chi connectivity index (χ4v) is 7.09. The molecule has 2 aliphatic rings. The highest BCUT2D eigenvalue weighted by molar-refractivity contribution is 7.94. The second kappa shape index (κ2) is 10.8. The van der Waals surface area contributed by atoms with Crippen molar-refractivity contribution >= 4 is 42.7 Å². The Hall–Kier alpha value is -3.14. The summed E-state index contributed by atoms with van der Waals surface area (Å²) in [6.45, 7) is 2.87. The Morgan fingerprint density at radius 1 is 1.31 bits per heavy atom. The van der Waals surface area contributed by atoms with Gasteiger partial charge in [-0.05, 0) is 37.5 Å². The van der Waals surface area contributed by atoms with Crippen LogP contribution in [-0.4, -0.2) is 87.6 Å². The average molecular weight is 581 g/mol. The summed E-state index contributed by atoms with van der Waals surface area (Å²) in [6.07, 6.45) is 4.73. The van der Waals surface area contributed by atoms with Crippen LogP contribution in [-0.2, 0) is 24.5 Å². The van der Waals surface area contributed by atoms with Gasteiger partial charge < -0.3 is 14.8 Å². The summed E-state index contributed by atoms with van der Waals surface area (Å²) < 4.78 is 69.3. The van der Waals surface area contributed by atoms with E-state index in [0.29, 0.717) is 55.2 Å². The summed E-state index contributed by atoms with van der Waals surface area (Å²) in [7, 11) is -6.07. The Balaban J connectivity index is 1.45. The summed E-state index contributed by atoms with van der Waals surface area (Å²) in [4.78, 5) is 17.3. The molecule has 0 aliphatic carbocycles. The van der Waals surface area contributed by atoms with Crippen LogP contribution in [0, 0.1) is 12.7 Å². The van der Waals surface area contributed by atoms with Gasteiger partial charge in [0.05, 0.1) is 58.5 Å². The number of rotatable bonds is 6. The Morgan fingerprint density at radius 2 is 2.08 bits per heavy atom. The van der Waals surface area contributed by atoms with E-state index in [1.807, 2.05) is 0 Å². The molecule has 39 heavy (non-hydrogen) atoms. The minimum absolute atomic E-state index is 0.161. The van der Waals surface area contributed by atoms with Crippen LogP contribution in [0.15, 0.2) is 35.1 Å². The molecule has 2 fully saturated rings. The molecular weight excluding hydrogens is 551 g/mol. The van der Waals surface area contributed by atoms with Crippen LogP contribution in [0.1, 0.15) is 28.8 Å². The molecule has 4 heterocycles. The van der Waals surface area contributed by atoms with E-state index in [-0.39, 0.29) is 29.4 Å². The van der Waals surface area contributed by atoms with E-state index in [1.54, 1.807) is 6.92 Å². The monoisotopic (exact) mass is 580 g/mol. The molecule has 0 saturated carbocycles. The third-order valence-electron chi connectivity index (χ3n) is 6.70. The van der Waals surface area contributed by atoms with Gasteiger partial charge in [-0.3, -0.25) is 4.79 Å². The number of aromatic nitrogens is 3. The van der Waals surface area contributed by atoms with Crippen LogP contribution in [0.4, 0.5) is 15.9 Å². The van der Waals surface area contributed by atoms with E-state index in [9.17, 15) is 21.8 Å². The minimum Gasteiger partial charge on any atom is -0.487 e. The zero-order valence-electron chi connectivity index (χ0n) is 21.5. The summed E-state index contributed by atoms with van der Waals surface area (Å²) in [5, 5.41) is 7.34. The number of piperidine rings is 1. The van der Waals surface area contributed by atoms with Crippen molar-refractivity contribution in [3.63, 3.8) is 0 Å². The van der Waals surface area contributed by atoms with Gasteiger partial charge in [0.15, 0.2) is 5.82 Å². The molecule has 15 heteroatoms. The molecule has 0 spiro atoms. The molecule has 5 rings (SSSR count). The van der Waals surface area contributed by atoms with Crippen molar-refractivity contribution in [2.24, 2.45) is 4.36 Å². The van der Waals surface area contributed by atoms with Crippen molar-refractivity contribution in [1.29, 1.82) is 0 Å². The van der Waals surface area contributed by atoms with E-state index in [0.717, 1.165) is 6.26 Å². The first-order chi connectivity index (χ1) is 18.5. The molecular formula is C24H29FN6O6S2. The lowest BCUT2D eigenvalue weighted by Gasteiger charge is -2.31. The lowest BCUT2D eigenvalue weighted by Crippen LogP contribution is -2.43. The first-order valence-corrected chi connectivity index (χ1v) is 16.1. The lowest BCUT2D eigenvalue weighted by molar-refractivity contribution is 0.100. The number of carbonyl (C=O) groups excluding carboxylic acids is 1. The number of anilines is 2. The number of ether oxygens (including phenoxy) is 2. The molecule has 12 nitrogen and oxygen atoms in total. The number of sulfonamides is 1. The fourth-order valence-electron chi connectivity index (χ4n) is 4.65. The van der Waals surface area contributed by atoms with Gasteiger partial charge in [0, 0.05) is 18.8 Å². The number of benzene rings is 1. The molecule has 2 aromatic heterocycles. The average Bonchev–Trinajstić information content (AvgIpc) is 3.23. The summed E-state index contributed by atoms with van der Waals surface area (Å²) in [6, 6.07) is 3.99. The number of hydrogen-bond acceptors (Lipinski definition) is 9. The van der Waals surface area contributed by atoms with E-state index >= 15 is 0 Å². The largest absolute Gasteiger partial charge is 0.487 e. The second-order valence-corrected chi connectivity index (χ2v) is 14.1. The van der Waals surface area contributed by atoms with Crippen LogP contribution in [0.5, 0.6) is 5.75 Å². The topological polar surface area (TPSA) is 145 Å². The fraction of sp³-hybridized carbons (Fsp3) is 0.458. The van der Waals surface area contributed by atoms with Crippen molar-refractivity contribution in [1.82, 2.24) is 18.9 Å². The third-order valence-corrected chi connectivity index (χ3v) is 10.1. The maximum absolute atomic E-state index is 14.2. The first kappa shape index (κ1) is 27.4. The number of halogens is 1. The molecule has 2 saturated heterocycles. The van der Waals surface area contributed by atoms with E-state index < -0.39 is 37.6 Å². The smallest absolute Gasteiger partial charge is 0.287 e. The van der Waals surface area contributed by atoms with Gasteiger partial charge in [-0.2, -0.15) is 13.8 Å². The quantitative estimate of drug-likeness (QED) is 0.464. The maximum atomic E-state index is 14.2. The van der Waals surface area contributed by atoms with Crippen LogP contribution >= 0.6 is 0 Å². The second-order valence-electron chi connectivity index (χ2n) is 9.53. The van der Waals surface area contributed by atoms with Gasteiger partial charge in [0.2, 0.25) is 10.0 Å². The molecule has 1 N–H and O–H groups in total. The van der Waals surface area contributed by atoms with E-state index in [1.165, 1.54) is 39.5 Å². The molecule has 0 bridgehead atoms. The van der Waals surface area contributed by atoms with Crippen molar-refractivity contribution in [2.75, 3.05) is 49.4 Å². The van der Waals surface area contributed by atoms with E-state index in [4.69, 9.17) is 9.47 Å². The van der Waals surface area contributed by atoms with Gasteiger partial charge in [-0.25, -0.2) is 26.5 Å². The van der Waals surface area contributed by atoms with Crippen LogP contribution in [0.2, 0.25) is 0 Å². The lowest BCUT2D eigenvalue weighted by atomic mass is 10.1. The molecule has 210 valence electrons. The Labute approximate surface area is 225 Å². The maximum Gasteiger partial charge on any atom is 0.287 e.